The first-order valence-electron chi connectivity index (χ1n) is 6.89. The van der Waals surface area contributed by atoms with Crippen molar-refractivity contribution in [3.63, 3.8) is 0 Å². The van der Waals surface area contributed by atoms with Crippen LogP contribution < -0.4 is 0 Å². The number of carbonyl (C=O) groups is 1. The number of aryl methyl sites for hydroxylation is 1. The highest BCUT2D eigenvalue weighted by atomic mass is 16.5. The van der Waals surface area contributed by atoms with E-state index in [1.165, 1.54) is 0 Å². The molecular weight excluding hydrogens is 240 g/mol. The Morgan fingerprint density at radius 2 is 2.00 bits per heavy atom. The fourth-order valence-electron chi connectivity index (χ4n) is 1.82. The van der Waals surface area contributed by atoms with Gasteiger partial charge >= 0.3 is 5.97 Å². The minimum Gasteiger partial charge on any atom is -0.462 e. The van der Waals surface area contributed by atoms with Gasteiger partial charge in [0.05, 0.1) is 17.9 Å². The van der Waals surface area contributed by atoms with E-state index in [-0.39, 0.29) is 11.4 Å². The Labute approximate surface area is 115 Å². The molecule has 1 aromatic rings. The summed E-state index contributed by atoms with van der Waals surface area (Å²) in [6.45, 7) is 10.7. The molecule has 0 N–H and O–H groups in total. The molecule has 0 bridgehead atoms. The monoisotopic (exact) mass is 264 g/mol. The van der Waals surface area contributed by atoms with Gasteiger partial charge in [-0.3, -0.25) is 0 Å². The second-order valence-electron chi connectivity index (χ2n) is 5.85. The van der Waals surface area contributed by atoms with Crippen molar-refractivity contribution in [2.24, 2.45) is 5.41 Å². The van der Waals surface area contributed by atoms with E-state index in [0.29, 0.717) is 12.2 Å². The van der Waals surface area contributed by atoms with Crippen molar-refractivity contribution in [3.05, 3.63) is 23.3 Å². The molecule has 0 aliphatic heterocycles. The van der Waals surface area contributed by atoms with Gasteiger partial charge in [-0.2, -0.15) is 0 Å². The number of carbonyl (C=O) groups excluding carboxylic acids is 1. The topological polar surface area (TPSA) is 52.1 Å². The smallest absolute Gasteiger partial charge is 0.341 e. The summed E-state index contributed by atoms with van der Waals surface area (Å²) in [4.78, 5) is 20.7. The van der Waals surface area contributed by atoms with Crippen molar-refractivity contribution in [1.29, 1.82) is 0 Å². The van der Waals surface area contributed by atoms with Gasteiger partial charge in [0.25, 0.3) is 0 Å². The zero-order valence-corrected chi connectivity index (χ0v) is 12.6. The predicted molar refractivity (Wildman–Crippen MR) is 75.1 cm³/mol. The summed E-state index contributed by atoms with van der Waals surface area (Å²) in [5.41, 5.74) is 1.44. The van der Waals surface area contributed by atoms with Crippen LogP contribution in [0.2, 0.25) is 0 Å². The summed E-state index contributed by atoms with van der Waals surface area (Å²) in [7, 11) is 0. The lowest BCUT2D eigenvalue weighted by molar-refractivity contribution is 0.0524. The van der Waals surface area contributed by atoms with Crippen molar-refractivity contribution in [2.45, 2.75) is 53.9 Å². The molecule has 0 unspecified atom stereocenters. The highest BCUT2D eigenvalue weighted by molar-refractivity contribution is 5.90. The Kier molecular flexibility index (Phi) is 5.45. The Balaban J connectivity index is 3.03. The third kappa shape index (κ3) is 4.97. The van der Waals surface area contributed by atoms with Crippen LogP contribution in [0.5, 0.6) is 0 Å². The maximum atomic E-state index is 11.8. The van der Waals surface area contributed by atoms with Crippen molar-refractivity contribution in [1.82, 2.24) is 9.97 Å². The molecule has 0 aromatic carbocycles. The van der Waals surface area contributed by atoms with Gasteiger partial charge in [0.15, 0.2) is 0 Å². The number of rotatable bonds is 5. The molecule has 0 aliphatic carbocycles. The molecule has 1 heterocycles. The first-order valence-corrected chi connectivity index (χ1v) is 6.89. The van der Waals surface area contributed by atoms with Crippen molar-refractivity contribution >= 4 is 5.97 Å². The van der Waals surface area contributed by atoms with Gasteiger partial charge in [-0.25, -0.2) is 14.8 Å². The maximum Gasteiger partial charge on any atom is 0.341 e. The lowest BCUT2D eigenvalue weighted by atomic mass is 9.92. The third-order valence-corrected chi connectivity index (χ3v) is 2.59. The molecule has 1 rings (SSSR count). The number of hydrogen-bond acceptors (Lipinski definition) is 4. The van der Waals surface area contributed by atoms with Crippen LogP contribution in [0.25, 0.3) is 0 Å². The molecule has 4 heteroatoms. The first kappa shape index (κ1) is 15.6. The Morgan fingerprint density at radius 1 is 1.32 bits per heavy atom. The van der Waals surface area contributed by atoms with Gasteiger partial charge in [-0.1, -0.05) is 34.1 Å². The molecule has 0 radical (unpaired) electrons. The Bertz CT molecular complexity index is 436. The van der Waals surface area contributed by atoms with Gasteiger partial charge in [0, 0.05) is 12.6 Å². The first-order chi connectivity index (χ1) is 8.87. The molecule has 1 aromatic heterocycles. The minimum absolute atomic E-state index is 0.134. The highest BCUT2D eigenvalue weighted by Crippen LogP contribution is 2.19. The Morgan fingerprint density at radius 3 is 2.53 bits per heavy atom. The molecule has 0 fully saturated rings. The number of esters is 1. The van der Waals surface area contributed by atoms with E-state index in [0.717, 1.165) is 30.8 Å². The SMILES string of the molecule is CCCc1nc(CC(C)(C)C)ncc1C(=O)OCC. The zero-order valence-electron chi connectivity index (χ0n) is 12.6. The lowest BCUT2D eigenvalue weighted by Crippen LogP contribution is -2.16. The third-order valence-electron chi connectivity index (χ3n) is 2.59. The zero-order chi connectivity index (χ0) is 14.5. The summed E-state index contributed by atoms with van der Waals surface area (Å²) in [6, 6.07) is 0. The van der Waals surface area contributed by atoms with Gasteiger partial charge in [-0.15, -0.1) is 0 Å². The van der Waals surface area contributed by atoms with E-state index < -0.39 is 0 Å². The summed E-state index contributed by atoms with van der Waals surface area (Å²) in [5, 5.41) is 0. The number of hydrogen-bond donors (Lipinski definition) is 0. The molecule has 0 spiro atoms. The maximum absolute atomic E-state index is 11.8. The molecule has 19 heavy (non-hydrogen) atoms. The van der Waals surface area contributed by atoms with Crippen LogP contribution in [-0.2, 0) is 17.6 Å². The standard InChI is InChI=1S/C15H24N2O2/c1-6-8-12-11(14(18)19-7-2)10-16-13(17-12)9-15(3,4)5/h10H,6-9H2,1-5H3. The average Bonchev–Trinajstić information content (AvgIpc) is 2.27. The van der Waals surface area contributed by atoms with E-state index in [1.54, 1.807) is 13.1 Å². The number of nitrogens with zero attached hydrogens (tertiary/aromatic N) is 2. The normalized spacial score (nSPS) is 11.4. The van der Waals surface area contributed by atoms with E-state index in [9.17, 15) is 4.79 Å². The molecule has 106 valence electrons. The van der Waals surface area contributed by atoms with Crippen molar-refractivity contribution in [2.75, 3.05) is 6.61 Å². The fourth-order valence-corrected chi connectivity index (χ4v) is 1.82. The highest BCUT2D eigenvalue weighted by Gasteiger charge is 2.18. The van der Waals surface area contributed by atoms with Crippen LogP contribution in [0.1, 0.15) is 62.9 Å². The van der Waals surface area contributed by atoms with E-state index in [2.05, 4.69) is 37.7 Å². The number of ether oxygens (including phenoxy) is 1. The van der Waals surface area contributed by atoms with Crippen LogP contribution in [0.4, 0.5) is 0 Å². The second kappa shape index (κ2) is 6.64. The van der Waals surface area contributed by atoms with Crippen LogP contribution in [0.15, 0.2) is 6.20 Å². The van der Waals surface area contributed by atoms with Gasteiger partial charge in [0.1, 0.15) is 5.82 Å². The summed E-state index contributed by atoms with van der Waals surface area (Å²) < 4.78 is 5.04. The number of aromatic nitrogens is 2. The molecular formula is C15H24N2O2. The van der Waals surface area contributed by atoms with Crippen LogP contribution >= 0.6 is 0 Å². The van der Waals surface area contributed by atoms with Gasteiger partial charge < -0.3 is 4.74 Å². The van der Waals surface area contributed by atoms with Crippen LogP contribution in [0, 0.1) is 5.41 Å². The average molecular weight is 264 g/mol. The van der Waals surface area contributed by atoms with Gasteiger partial charge in [0.2, 0.25) is 0 Å². The molecule has 0 amide bonds. The van der Waals surface area contributed by atoms with Crippen LogP contribution in [0.3, 0.4) is 0 Å². The van der Waals surface area contributed by atoms with Gasteiger partial charge in [-0.05, 0) is 18.8 Å². The fraction of sp³-hybridized carbons (Fsp3) is 0.667. The Hall–Kier alpha value is -1.45. The molecule has 0 saturated carbocycles. The van der Waals surface area contributed by atoms with Crippen molar-refractivity contribution in [3.8, 4) is 0 Å². The quantitative estimate of drug-likeness (QED) is 0.766. The molecule has 0 saturated heterocycles. The lowest BCUT2D eigenvalue weighted by Gasteiger charge is -2.17. The van der Waals surface area contributed by atoms with Crippen LogP contribution in [-0.4, -0.2) is 22.5 Å². The summed E-state index contributed by atoms with van der Waals surface area (Å²) in [6.07, 6.45) is 4.12. The second-order valence-corrected chi connectivity index (χ2v) is 5.85. The molecule has 0 atom stereocenters. The molecule has 4 nitrogen and oxygen atoms in total. The van der Waals surface area contributed by atoms with E-state index >= 15 is 0 Å². The molecule has 0 aliphatic rings. The summed E-state index contributed by atoms with van der Waals surface area (Å²) >= 11 is 0. The van der Waals surface area contributed by atoms with Crippen molar-refractivity contribution < 1.29 is 9.53 Å². The largest absolute Gasteiger partial charge is 0.462 e. The summed E-state index contributed by atoms with van der Waals surface area (Å²) in [5.74, 6) is 0.470. The predicted octanol–water partition coefficient (Wildman–Crippen LogP) is 3.19. The van der Waals surface area contributed by atoms with E-state index in [4.69, 9.17) is 4.74 Å². The minimum atomic E-state index is -0.326. The van der Waals surface area contributed by atoms with E-state index in [1.807, 2.05) is 0 Å².